The van der Waals surface area contributed by atoms with E-state index in [0.717, 1.165) is 44.4 Å². The lowest BCUT2D eigenvalue weighted by atomic mass is 10.2. The molecule has 5 aromatic rings. The quantitative estimate of drug-likeness (QED) is 0.360. The molecule has 2 aromatic carbocycles. The Bertz CT molecular complexity index is 1310. The third-order valence-electron chi connectivity index (χ3n) is 4.91. The minimum atomic E-state index is 0.710. The molecule has 5 rings (SSSR count). The van der Waals surface area contributed by atoms with Crippen LogP contribution in [0, 0.1) is 6.92 Å². The van der Waals surface area contributed by atoms with Gasteiger partial charge >= 0.3 is 0 Å². The number of aryl methyl sites for hydroxylation is 1. The van der Waals surface area contributed by atoms with Crippen molar-refractivity contribution in [1.29, 1.82) is 0 Å². The lowest BCUT2D eigenvalue weighted by Gasteiger charge is -2.12. The Labute approximate surface area is 178 Å². The maximum absolute atomic E-state index is 4.79. The monoisotopic (exact) mass is 409 g/mol. The minimum Gasteiger partial charge on any atom is -0.270 e. The molecule has 6 heteroatoms. The normalized spacial score (nSPS) is 11.1. The summed E-state index contributed by atoms with van der Waals surface area (Å²) in [6.07, 6.45) is 3.58. The van der Waals surface area contributed by atoms with E-state index in [1.54, 1.807) is 18.0 Å². The lowest BCUT2D eigenvalue weighted by molar-refractivity contribution is 0.879. The number of rotatable bonds is 5. The molecule has 0 spiro atoms. The van der Waals surface area contributed by atoms with E-state index in [1.807, 2.05) is 48.7 Å². The molecule has 5 nitrogen and oxygen atoms in total. The zero-order chi connectivity index (χ0) is 20.3. The van der Waals surface area contributed by atoms with E-state index in [0.29, 0.717) is 5.75 Å². The predicted octanol–water partition coefficient (Wildman–Crippen LogP) is 5.48. The summed E-state index contributed by atoms with van der Waals surface area (Å²) in [5.41, 5.74) is 5.18. The number of hydrogen-bond acceptors (Lipinski definition) is 5. The van der Waals surface area contributed by atoms with Gasteiger partial charge in [-0.1, -0.05) is 54.2 Å². The van der Waals surface area contributed by atoms with Crippen molar-refractivity contribution >= 4 is 22.7 Å². The van der Waals surface area contributed by atoms with Gasteiger partial charge in [0.15, 0.2) is 11.0 Å². The molecule has 30 heavy (non-hydrogen) atoms. The van der Waals surface area contributed by atoms with Gasteiger partial charge in [-0.2, -0.15) is 0 Å². The first-order valence-corrected chi connectivity index (χ1v) is 10.7. The molecule has 0 unspecified atom stereocenters. The molecule has 0 amide bonds. The summed E-state index contributed by atoms with van der Waals surface area (Å²) in [7, 11) is 0. The Morgan fingerprint density at radius 1 is 0.867 bits per heavy atom. The van der Waals surface area contributed by atoms with E-state index in [-0.39, 0.29) is 0 Å². The first-order chi connectivity index (χ1) is 14.8. The van der Waals surface area contributed by atoms with Crippen LogP contribution in [0.25, 0.3) is 28.0 Å². The maximum Gasteiger partial charge on any atom is 0.196 e. The van der Waals surface area contributed by atoms with Gasteiger partial charge in [-0.05, 0) is 42.8 Å². The first-order valence-electron chi connectivity index (χ1n) is 9.69. The van der Waals surface area contributed by atoms with E-state index in [2.05, 4.69) is 57.0 Å². The van der Waals surface area contributed by atoms with Gasteiger partial charge in [-0.15, -0.1) is 10.2 Å². The van der Waals surface area contributed by atoms with Crippen LogP contribution in [0.1, 0.15) is 11.3 Å². The molecular formula is C24H19N5S. The predicted molar refractivity (Wildman–Crippen MR) is 121 cm³/mol. The SMILES string of the molecule is Cc1ccccc1-n1c(SCc2ccc3ccccc3n2)nnc1-c1cccnc1. The number of pyridine rings is 2. The number of aromatic nitrogens is 5. The van der Waals surface area contributed by atoms with E-state index in [4.69, 9.17) is 4.98 Å². The Morgan fingerprint density at radius 2 is 1.73 bits per heavy atom. The van der Waals surface area contributed by atoms with Gasteiger partial charge in [0.1, 0.15) is 0 Å². The van der Waals surface area contributed by atoms with E-state index in [1.165, 1.54) is 0 Å². The second kappa shape index (κ2) is 8.08. The average molecular weight is 410 g/mol. The van der Waals surface area contributed by atoms with Crippen LogP contribution in [-0.4, -0.2) is 24.7 Å². The molecule has 146 valence electrons. The summed E-state index contributed by atoms with van der Waals surface area (Å²) in [6, 6.07) is 24.5. The average Bonchev–Trinajstić information content (AvgIpc) is 3.22. The largest absolute Gasteiger partial charge is 0.270 e. The Kier molecular flexibility index (Phi) is 4.99. The molecule has 0 bridgehead atoms. The topological polar surface area (TPSA) is 56.5 Å². The zero-order valence-electron chi connectivity index (χ0n) is 16.4. The van der Waals surface area contributed by atoms with Gasteiger partial charge in [0.05, 0.1) is 16.9 Å². The van der Waals surface area contributed by atoms with Gasteiger partial charge in [0, 0.05) is 29.1 Å². The highest BCUT2D eigenvalue weighted by Gasteiger charge is 2.17. The number of para-hydroxylation sites is 2. The molecule has 0 aliphatic heterocycles. The van der Waals surface area contributed by atoms with Crippen molar-refractivity contribution in [3.63, 3.8) is 0 Å². The molecule has 0 radical (unpaired) electrons. The highest BCUT2D eigenvalue weighted by atomic mass is 32.2. The van der Waals surface area contributed by atoms with Crippen LogP contribution >= 0.6 is 11.8 Å². The van der Waals surface area contributed by atoms with E-state index >= 15 is 0 Å². The van der Waals surface area contributed by atoms with Gasteiger partial charge in [0.2, 0.25) is 0 Å². The fraction of sp³-hybridized carbons (Fsp3) is 0.0833. The summed E-state index contributed by atoms with van der Waals surface area (Å²) in [5.74, 6) is 1.49. The smallest absolute Gasteiger partial charge is 0.196 e. The van der Waals surface area contributed by atoms with Crippen LogP contribution in [0.4, 0.5) is 0 Å². The molecule has 3 aromatic heterocycles. The Hall–Kier alpha value is -3.51. The van der Waals surface area contributed by atoms with Crippen LogP contribution in [0.5, 0.6) is 0 Å². The molecule has 0 N–H and O–H groups in total. The maximum atomic E-state index is 4.79. The van der Waals surface area contributed by atoms with Crippen LogP contribution < -0.4 is 0 Å². The fourth-order valence-corrected chi connectivity index (χ4v) is 4.25. The summed E-state index contributed by atoms with van der Waals surface area (Å²) < 4.78 is 2.11. The number of benzene rings is 2. The van der Waals surface area contributed by atoms with Gasteiger partial charge in [-0.25, -0.2) is 0 Å². The van der Waals surface area contributed by atoms with E-state index < -0.39 is 0 Å². The molecule has 0 aliphatic carbocycles. The Balaban J connectivity index is 1.53. The number of fused-ring (bicyclic) bond motifs is 1. The van der Waals surface area contributed by atoms with Crippen LogP contribution in [-0.2, 0) is 5.75 Å². The van der Waals surface area contributed by atoms with Crippen molar-refractivity contribution < 1.29 is 0 Å². The van der Waals surface area contributed by atoms with Gasteiger partial charge < -0.3 is 0 Å². The molecule has 0 aliphatic rings. The van der Waals surface area contributed by atoms with Gasteiger partial charge in [0.25, 0.3) is 0 Å². The fourth-order valence-electron chi connectivity index (χ4n) is 3.40. The summed E-state index contributed by atoms with van der Waals surface area (Å²) in [5, 5.41) is 11.0. The zero-order valence-corrected chi connectivity index (χ0v) is 17.3. The molecule has 0 fully saturated rings. The lowest BCUT2D eigenvalue weighted by Crippen LogP contribution is -2.02. The van der Waals surface area contributed by atoms with Crippen molar-refractivity contribution in [2.24, 2.45) is 0 Å². The Morgan fingerprint density at radius 3 is 2.60 bits per heavy atom. The van der Waals surface area contributed by atoms with Crippen molar-refractivity contribution in [3.05, 3.63) is 96.4 Å². The van der Waals surface area contributed by atoms with Gasteiger partial charge in [-0.3, -0.25) is 14.5 Å². The minimum absolute atomic E-state index is 0.710. The number of thioether (sulfide) groups is 1. The highest BCUT2D eigenvalue weighted by molar-refractivity contribution is 7.98. The standard InChI is InChI=1S/C24H19N5S/c1-17-7-2-5-11-22(17)29-23(19-9-6-14-25-15-19)27-28-24(29)30-16-20-13-12-18-8-3-4-10-21(18)26-20/h2-15H,16H2,1H3. The number of hydrogen-bond donors (Lipinski definition) is 0. The second-order valence-corrected chi connectivity index (χ2v) is 7.90. The molecular weight excluding hydrogens is 390 g/mol. The van der Waals surface area contributed by atoms with Crippen LogP contribution in [0.2, 0.25) is 0 Å². The third kappa shape index (κ3) is 3.57. The molecule has 0 saturated carbocycles. The molecule has 0 atom stereocenters. The van der Waals surface area contributed by atoms with E-state index in [9.17, 15) is 0 Å². The summed E-state index contributed by atoms with van der Waals surface area (Å²) in [4.78, 5) is 9.04. The molecule has 0 saturated heterocycles. The molecule has 3 heterocycles. The van der Waals surface area contributed by atoms with Crippen LogP contribution in [0.3, 0.4) is 0 Å². The third-order valence-corrected chi connectivity index (χ3v) is 5.88. The highest BCUT2D eigenvalue weighted by Crippen LogP contribution is 2.30. The summed E-state index contributed by atoms with van der Waals surface area (Å²) in [6.45, 7) is 2.10. The number of nitrogens with zero attached hydrogens (tertiary/aromatic N) is 5. The summed E-state index contributed by atoms with van der Waals surface area (Å²) >= 11 is 1.63. The second-order valence-electron chi connectivity index (χ2n) is 6.95. The van der Waals surface area contributed by atoms with Crippen LogP contribution in [0.15, 0.2) is 90.3 Å². The van der Waals surface area contributed by atoms with Crippen molar-refractivity contribution in [2.45, 2.75) is 17.8 Å². The van der Waals surface area contributed by atoms with Crippen molar-refractivity contribution in [2.75, 3.05) is 0 Å². The van der Waals surface area contributed by atoms with Crippen molar-refractivity contribution in [1.82, 2.24) is 24.7 Å². The van der Waals surface area contributed by atoms with Crippen molar-refractivity contribution in [3.8, 4) is 17.1 Å². The first kappa shape index (κ1) is 18.5.